The number of rotatable bonds is 7. The summed E-state index contributed by atoms with van der Waals surface area (Å²) in [6.07, 6.45) is 8.34. The standard InChI is InChI=1S/C26H24O10S/c27-18(9-4-15-11-13-2-1-3-14(10-13)12-15)34-23-21-19(20-22(35-21)24(23)36-26(20)29)25(28)33-16-5-7-17(8-6-16)37(30,31)32/h5-8,13-15H,1-4,9-12H2,(H,30,31,32). The first-order chi connectivity index (χ1) is 17.7. The maximum atomic E-state index is 12.9. The summed E-state index contributed by atoms with van der Waals surface area (Å²) in [5, 5.41) is 0. The minimum absolute atomic E-state index is 0.0107. The van der Waals surface area contributed by atoms with Crippen molar-refractivity contribution >= 4 is 39.2 Å². The average Bonchev–Trinajstić information content (AvgIpc) is 3.46. The summed E-state index contributed by atoms with van der Waals surface area (Å²) in [4.78, 5) is 37.7. The number of benzene rings is 2. The first-order valence-electron chi connectivity index (χ1n) is 12.3. The monoisotopic (exact) mass is 528 g/mol. The third-order valence-corrected chi connectivity index (χ3v) is 8.53. The number of fused-ring (bicyclic) bond motifs is 3. The molecule has 0 saturated heterocycles. The highest BCUT2D eigenvalue weighted by atomic mass is 32.2. The highest BCUT2D eigenvalue weighted by Crippen LogP contribution is 2.52. The van der Waals surface area contributed by atoms with Crippen molar-refractivity contribution in [3.8, 4) is 17.2 Å². The Morgan fingerprint density at radius 2 is 1.70 bits per heavy atom. The molecule has 194 valence electrons. The molecular weight excluding hydrogens is 504 g/mol. The van der Waals surface area contributed by atoms with Gasteiger partial charge in [0, 0.05) is 6.42 Å². The largest absolute Gasteiger partial charge is 0.447 e. The molecule has 3 aliphatic rings. The lowest BCUT2D eigenvalue weighted by Gasteiger charge is -2.39. The molecule has 2 aliphatic carbocycles. The van der Waals surface area contributed by atoms with Crippen LogP contribution in [-0.4, -0.2) is 30.9 Å². The Kier molecular flexibility index (Phi) is 5.72. The molecule has 11 heteroatoms. The second-order valence-corrected chi connectivity index (χ2v) is 11.6. The first-order valence-corrected chi connectivity index (χ1v) is 13.8. The van der Waals surface area contributed by atoms with E-state index in [4.69, 9.17) is 23.2 Å². The normalized spacial score (nSPS) is 22.7. The van der Waals surface area contributed by atoms with E-state index >= 15 is 0 Å². The van der Waals surface area contributed by atoms with E-state index < -0.39 is 28.0 Å². The van der Waals surface area contributed by atoms with Crippen LogP contribution in [0.4, 0.5) is 0 Å². The van der Waals surface area contributed by atoms with Crippen LogP contribution < -0.4 is 14.2 Å². The number of carbonyl (C=O) groups is 3. The Morgan fingerprint density at radius 3 is 2.38 bits per heavy atom. The molecule has 0 amide bonds. The molecule has 4 bridgehead atoms. The second-order valence-electron chi connectivity index (χ2n) is 10.1. The number of esters is 3. The van der Waals surface area contributed by atoms with Crippen LogP contribution in [0.1, 0.15) is 72.1 Å². The van der Waals surface area contributed by atoms with Gasteiger partial charge in [-0.2, -0.15) is 8.42 Å². The molecule has 6 rings (SSSR count). The Labute approximate surface area is 211 Å². The molecule has 2 atom stereocenters. The molecule has 2 saturated carbocycles. The van der Waals surface area contributed by atoms with Gasteiger partial charge in [0.15, 0.2) is 11.2 Å². The predicted molar refractivity (Wildman–Crippen MR) is 127 cm³/mol. The zero-order valence-electron chi connectivity index (χ0n) is 19.7. The zero-order valence-corrected chi connectivity index (χ0v) is 20.5. The molecular formula is C26H24O10S. The van der Waals surface area contributed by atoms with Crippen LogP contribution in [0.15, 0.2) is 33.6 Å². The van der Waals surface area contributed by atoms with Crippen molar-refractivity contribution in [3.05, 3.63) is 35.4 Å². The molecule has 2 aromatic heterocycles. The van der Waals surface area contributed by atoms with E-state index in [2.05, 4.69) is 0 Å². The molecule has 0 spiro atoms. The van der Waals surface area contributed by atoms with Gasteiger partial charge in [-0.25, -0.2) is 9.59 Å². The van der Waals surface area contributed by atoms with E-state index in [1.165, 1.54) is 37.8 Å². The van der Waals surface area contributed by atoms with Crippen LogP contribution in [0.25, 0.3) is 11.2 Å². The van der Waals surface area contributed by atoms with Crippen LogP contribution in [0.2, 0.25) is 0 Å². The van der Waals surface area contributed by atoms with Gasteiger partial charge in [0.05, 0.1) is 4.90 Å². The molecule has 2 unspecified atom stereocenters. The smallest absolute Gasteiger partial charge is 0.348 e. The van der Waals surface area contributed by atoms with Crippen LogP contribution in [0, 0.1) is 17.8 Å². The fourth-order valence-electron chi connectivity index (χ4n) is 6.11. The summed E-state index contributed by atoms with van der Waals surface area (Å²) < 4.78 is 53.1. The van der Waals surface area contributed by atoms with Crippen LogP contribution in [0.3, 0.4) is 0 Å². The van der Waals surface area contributed by atoms with Gasteiger partial charge in [0.25, 0.3) is 10.1 Å². The third-order valence-electron chi connectivity index (χ3n) is 7.66. The molecule has 0 radical (unpaired) electrons. The lowest BCUT2D eigenvalue weighted by molar-refractivity contribution is -0.134. The number of ether oxygens (including phenoxy) is 3. The SMILES string of the molecule is O=C(CCC1CC2CCCC(C2)C1)Oc1c2c3oc1c(C(=O)Oc1ccc(S(=O)(=O)O)cc1)c3C(=O)O2. The van der Waals surface area contributed by atoms with E-state index in [-0.39, 0.29) is 50.9 Å². The van der Waals surface area contributed by atoms with Gasteiger partial charge in [-0.3, -0.25) is 9.35 Å². The fraction of sp³-hybridized carbons (Fsp3) is 0.423. The lowest BCUT2D eigenvalue weighted by atomic mass is 9.67. The number of hydrogen-bond acceptors (Lipinski definition) is 9. The molecule has 1 aromatic carbocycles. The zero-order chi connectivity index (χ0) is 25.9. The molecule has 2 fully saturated rings. The summed E-state index contributed by atoms with van der Waals surface area (Å²) >= 11 is 0. The molecule has 10 nitrogen and oxygen atoms in total. The number of hydrogen-bond donors (Lipinski definition) is 1. The van der Waals surface area contributed by atoms with Crippen LogP contribution in [-0.2, 0) is 14.9 Å². The number of furan rings is 2. The Balaban J connectivity index is 1.17. The van der Waals surface area contributed by atoms with Crippen molar-refractivity contribution in [2.24, 2.45) is 17.8 Å². The summed E-state index contributed by atoms with van der Waals surface area (Å²) in [5.41, 5.74) is -0.455. The number of carbonyl (C=O) groups excluding carboxylic acids is 3. The lowest BCUT2D eigenvalue weighted by Crippen LogP contribution is -2.27. The highest BCUT2D eigenvalue weighted by molar-refractivity contribution is 7.85. The average molecular weight is 529 g/mol. The topological polar surface area (TPSA) is 146 Å². The quantitative estimate of drug-likeness (QED) is 0.258. The highest BCUT2D eigenvalue weighted by Gasteiger charge is 2.44. The van der Waals surface area contributed by atoms with Crippen molar-refractivity contribution in [3.63, 3.8) is 0 Å². The van der Waals surface area contributed by atoms with Gasteiger partial charge in [-0.1, -0.05) is 19.3 Å². The molecule has 3 aromatic rings. The van der Waals surface area contributed by atoms with Gasteiger partial charge in [0.1, 0.15) is 16.9 Å². The van der Waals surface area contributed by atoms with E-state index in [9.17, 15) is 22.8 Å². The summed E-state index contributed by atoms with van der Waals surface area (Å²) in [5.74, 6) is -0.485. The third kappa shape index (κ3) is 4.36. The van der Waals surface area contributed by atoms with Crippen molar-refractivity contribution in [2.45, 2.75) is 56.3 Å². The Morgan fingerprint density at radius 1 is 1.00 bits per heavy atom. The van der Waals surface area contributed by atoms with Gasteiger partial charge >= 0.3 is 17.9 Å². The molecule has 1 N–H and O–H groups in total. The summed E-state index contributed by atoms with van der Waals surface area (Å²) in [6.45, 7) is 0. The predicted octanol–water partition coefficient (Wildman–Crippen LogP) is 4.77. The minimum Gasteiger partial charge on any atom is -0.447 e. The van der Waals surface area contributed by atoms with Crippen LogP contribution in [0.5, 0.6) is 17.2 Å². The molecule has 37 heavy (non-hydrogen) atoms. The second kappa shape index (κ2) is 8.84. The summed E-state index contributed by atoms with van der Waals surface area (Å²) in [7, 11) is -4.41. The van der Waals surface area contributed by atoms with Crippen molar-refractivity contribution in [1.82, 2.24) is 0 Å². The van der Waals surface area contributed by atoms with E-state index in [0.29, 0.717) is 5.92 Å². The van der Waals surface area contributed by atoms with E-state index in [0.717, 1.165) is 43.2 Å². The van der Waals surface area contributed by atoms with Crippen LogP contribution >= 0.6 is 0 Å². The van der Waals surface area contributed by atoms with Crippen molar-refractivity contribution < 1.29 is 46.0 Å². The van der Waals surface area contributed by atoms with E-state index in [1.54, 1.807) is 0 Å². The minimum atomic E-state index is -4.41. The van der Waals surface area contributed by atoms with Gasteiger partial charge in [-0.05, 0) is 67.7 Å². The van der Waals surface area contributed by atoms with Gasteiger partial charge in [0.2, 0.25) is 11.5 Å². The Hall–Kier alpha value is -3.44. The van der Waals surface area contributed by atoms with E-state index in [1.807, 2.05) is 0 Å². The summed E-state index contributed by atoms with van der Waals surface area (Å²) in [6, 6.07) is 4.46. The molecule has 1 aliphatic heterocycles. The Bertz CT molecular complexity index is 1490. The van der Waals surface area contributed by atoms with Gasteiger partial charge in [-0.15, -0.1) is 0 Å². The van der Waals surface area contributed by atoms with Crippen molar-refractivity contribution in [2.75, 3.05) is 0 Å². The maximum Gasteiger partial charge on any atom is 0.348 e. The fourth-order valence-corrected chi connectivity index (χ4v) is 6.59. The maximum absolute atomic E-state index is 12.9. The van der Waals surface area contributed by atoms with Crippen molar-refractivity contribution in [1.29, 1.82) is 0 Å². The van der Waals surface area contributed by atoms with Gasteiger partial charge < -0.3 is 18.6 Å². The first kappa shape index (κ1) is 23.9. The molecule has 3 heterocycles.